The van der Waals surface area contributed by atoms with Crippen molar-refractivity contribution in [1.29, 1.82) is 0 Å². The lowest BCUT2D eigenvalue weighted by molar-refractivity contribution is -0.295. The normalized spacial score (nSPS) is 35.8. The highest BCUT2D eigenvalue weighted by Crippen LogP contribution is 2.30. The van der Waals surface area contributed by atoms with E-state index in [1.165, 1.54) is 0 Å². The summed E-state index contributed by atoms with van der Waals surface area (Å²) >= 11 is 0. The van der Waals surface area contributed by atoms with Crippen molar-refractivity contribution in [1.82, 2.24) is 5.32 Å². The molecule has 1 rings (SSSR count). The Balaban J connectivity index is 3.07. The van der Waals surface area contributed by atoms with Gasteiger partial charge in [0.05, 0.1) is 18.8 Å². The van der Waals surface area contributed by atoms with Crippen molar-refractivity contribution in [2.24, 2.45) is 0 Å². The molecule has 10 heteroatoms. The minimum Gasteiger partial charge on any atom is -0.477 e. The number of carboxylic acid groups (broad SMARTS) is 1. The maximum absolute atomic E-state index is 11.1. The van der Waals surface area contributed by atoms with E-state index in [0.29, 0.717) is 0 Å². The van der Waals surface area contributed by atoms with Gasteiger partial charge in [0.1, 0.15) is 18.3 Å². The number of carboxylic acids is 1. The van der Waals surface area contributed by atoms with Crippen molar-refractivity contribution in [3.63, 3.8) is 0 Å². The van der Waals surface area contributed by atoms with Crippen LogP contribution in [0.15, 0.2) is 0 Å². The van der Waals surface area contributed by atoms with Crippen LogP contribution in [0.3, 0.4) is 0 Å². The third-order valence-electron chi connectivity index (χ3n) is 3.21. The van der Waals surface area contributed by atoms with E-state index in [1.54, 1.807) is 0 Å². The summed E-state index contributed by atoms with van der Waals surface area (Å²) in [6.45, 7) is 0.256. The molecule has 21 heavy (non-hydrogen) atoms. The van der Waals surface area contributed by atoms with Crippen LogP contribution in [0.4, 0.5) is 0 Å². The van der Waals surface area contributed by atoms with Gasteiger partial charge in [-0.05, 0) is 0 Å². The molecule has 1 fully saturated rings. The fourth-order valence-corrected chi connectivity index (χ4v) is 2.14. The highest BCUT2D eigenvalue weighted by atomic mass is 16.7. The van der Waals surface area contributed by atoms with Crippen molar-refractivity contribution >= 4 is 11.9 Å². The van der Waals surface area contributed by atoms with Gasteiger partial charge >= 0.3 is 5.97 Å². The summed E-state index contributed by atoms with van der Waals surface area (Å²) in [6.07, 6.45) is -7.48. The highest BCUT2D eigenvalue weighted by molar-refractivity contribution is 5.76. The Bertz CT molecular complexity index is 403. The number of aliphatic carboxylic acids is 1. The average molecular weight is 309 g/mol. The number of hydrogen-bond acceptors (Lipinski definition) is 8. The first kappa shape index (κ1) is 17.8. The molecule has 0 bridgehead atoms. The molecule has 0 saturated carbocycles. The number of nitrogens with one attached hydrogen (secondary N) is 1. The number of amides is 1. The van der Waals surface area contributed by atoms with Gasteiger partial charge in [0.2, 0.25) is 5.91 Å². The maximum Gasteiger partial charge on any atom is 0.364 e. The van der Waals surface area contributed by atoms with Gasteiger partial charge in [0.25, 0.3) is 5.79 Å². The monoisotopic (exact) mass is 309 g/mol. The molecule has 0 aromatic rings. The number of aliphatic hydroxyl groups excluding tert-OH is 4. The van der Waals surface area contributed by atoms with E-state index in [0.717, 1.165) is 6.92 Å². The van der Waals surface area contributed by atoms with Gasteiger partial charge in [-0.1, -0.05) is 0 Å². The molecule has 122 valence electrons. The highest BCUT2D eigenvalue weighted by Gasteiger charge is 2.53. The van der Waals surface area contributed by atoms with Gasteiger partial charge in [-0.2, -0.15) is 0 Å². The number of carbonyl (C=O) groups is 2. The van der Waals surface area contributed by atoms with Crippen LogP contribution < -0.4 is 5.32 Å². The quantitative estimate of drug-likeness (QED) is 0.268. The second-order valence-corrected chi connectivity index (χ2v) is 4.91. The lowest BCUT2D eigenvalue weighted by Crippen LogP contribution is -2.67. The molecule has 10 nitrogen and oxygen atoms in total. The summed E-state index contributed by atoms with van der Waals surface area (Å²) in [5.41, 5.74) is 0. The van der Waals surface area contributed by atoms with Crippen LogP contribution in [-0.4, -0.2) is 85.4 Å². The summed E-state index contributed by atoms with van der Waals surface area (Å²) < 4.78 is 4.86. The van der Waals surface area contributed by atoms with Crippen molar-refractivity contribution < 1.29 is 45.0 Å². The lowest BCUT2D eigenvalue weighted by Gasteiger charge is -2.44. The number of rotatable bonds is 5. The maximum atomic E-state index is 11.1. The number of carbonyl (C=O) groups excluding carboxylic acids is 1. The molecule has 1 aliphatic heterocycles. The van der Waals surface area contributed by atoms with Crippen molar-refractivity contribution in [2.45, 2.75) is 49.6 Å². The fourth-order valence-electron chi connectivity index (χ4n) is 2.14. The van der Waals surface area contributed by atoms with Gasteiger partial charge in [-0.3, -0.25) is 4.79 Å². The van der Waals surface area contributed by atoms with E-state index in [4.69, 9.17) is 14.9 Å². The smallest absolute Gasteiger partial charge is 0.364 e. The summed E-state index contributed by atoms with van der Waals surface area (Å²) in [6, 6.07) is -1.27. The van der Waals surface area contributed by atoms with Gasteiger partial charge in [-0.15, -0.1) is 0 Å². The predicted octanol–water partition coefficient (Wildman–Crippen LogP) is -3.87. The fraction of sp³-hybridized carbons (Fsp3) is 0.818. The van der Waals surface area contributed by atoms with Crippen molar-refractivity contribution in [3.05, 3.63) is 0 Å². The second kappa shape index (κ2) is 6.64. The van der Waals surface area contributed by atoms with Gasteiger partial charge in [0.15, 0.2) is 0 Å². The molecule has 1 heterocycles. The van der Waals surface area contributed by atoms with E-state index < -0.39 is 61.1 Å². The van der Waals surface area contributed by atoms with E-state index >= 15 is 0 Å². The van der Waals surface area contributed by atoms with Crippen LogP contribution >= 0.6 is 0 Å². The number of ether oxygens (including phenoxy) is 1. The summed E-state index contributed by atoms with van der Waals surface area (Å²) in [5.74, 6) is -5.17. The minimum absolute atomic E-state index is 0.598. The minimum atomic E-state index is -2.78. The summed E-state index contributed by atoms with van der Waals surface area (Å²) in [7, 11) is 0. The molecule has 1 aliphatic rings. The van der Waals surface area contributed by atoms with Crippen LogP contribution in [-0.2, 0) is 14.3 Å². The molecule has 0 aliphatic carbocycles. The molecule has 6 atom stereocenters. The molecule has 0 unspecified atom stereocenters. The zero-order valence-corrected chi connectivity index (χ0v) is 11.2. The third-order valence-corrected chi connectivity index (χ3v) is 3.21. The Morgan fingerprint density at radius 3 is 2.43 bits per heavy atom. The van der Waals surface area contributed by atoms with Crippen molar-refractivity contribution in [2.75, 3.05) is 6.61 Å². The second-order valence-electron chi connectivity index (χ2n) is 4.91. The zero-order chi connectivity index (χ0) is 16.4. The summed E-state index contributed by atoms with van der Waals surface area (Å²) in [5, 5.41) is 59.0. The lowest BCUT2D eigenvalue weighted by atomic mass is 9.88. The van der Waals surface area contributed by atoms with Crippen molar-refractivity contribution in [3.8, 4) is 0 Å². The van der Waals surface area contributed by atoms with E-state index in [9.17, 15) is 30.0 Å². The Labute approximate surface area is 119 Å². The van der Waals surface area contributed by atoms with E-state index in [2.05, 4.69) is 5.32 Å². The van der Waals surface area contributed by atoms with Gasteiger partial charge in [-0.25, -0.2) is 4.79 Å². The molecule has 1 amide bonds. The molecular formula is C11H19NO9. The molecule has 0 aromatic carbocycles. The molecule has 0 radical (unpaired) electrons. The average Bonchev–Trinajstić information content (AvgIpc) is 2.39. The molecule has 7 N–H and O–H groups in total. The first-order valence-electron chi connectivity index (χ1n) is 6.18. The zero-order valence-electron chi connectivity index (χ0n) is 11.2. The molecule has 0 spiro atoms. The summed E-state index contributed by atoms with van der Waals surface area (Å²) in [4.78, 5) is 22.1. The molecule has 0 aromatic heterocycles. The Morgan fingerprint density at radius 1 is 1.43 bits per heavy atom. The Kier molecular flexibility index (Phi) is 5.61. The van der Waals surface area contributed by atoms with E-state index in [-0.39, 0.29) is 0 Å². The Hall–Kier alpha value is -1.30. The van der Waals surface area contributed by atoms with Crippen LogP contribution in [0.25, 0.3) is 0 Å². The van der Waals surface area contributed by atoms with Crippen LogP contribution in [0.2, 0.25) is 0 Å². The van der Waals surface area contributed by atoms with Gasteiger partial charge in [0, 0.05) is 13.3 Å². The standard InChI is InChI=1S/C11H19NO9/c1-4(14)12-7-5(15)2-11(20,10(18)19)21-9(7)8(17)6(16)3-13/h5-9,13,15-17,20H,2-3H2,1H3,(H,12,14)(H,18,19)/t5-,6+,7-,8-,9-,11-/m1/s1. The first-order valence-corrected chi connectivity index (χ1v) is 6.18. The molecular weight excluding hydrogens is 290 g/mol. The van der Waals surface area contributed by atoms with Crippen LogP contribution in [0.1, 0.15) is 13.3 Å². The topological polar surface area (TPSA) is 177 Å². The van der Waals surface area contributed by atoms with Gasteiger partial charge < -0.3 is 40.7 Å². The van der Waals surface area contributed by atoms with Crippen LogP contribution in [0.5, 0.6) is 0 Å². The molecule has 1 saturated heterocycles. The Morgan fingerprint density at radius 2 is 2.00 bits per heavy atom. The number of hydrogen-bond donors (Lipinski definition) is 7. The third kappa shape index (κ3) is 3.87. The van der Waals surface area contributed by atoms with E-state index in [1.807, 2.05) is 0 Å². The predicted molar refractivity (Wildman–Crippen MR) is 64.8 cm³/mol. The van der Waals surface area contributed by atoms with Crippen LogP contribution in [0, 0.1) is 0 Å². The largest absolute Gasteiger partial charge is 0.477 e. The first-order chi connectivity index (χ1) is 9.62. The number of aliphatic hydroxyl groups is 5. The SMILES string of the molecule is CC(=O)N[C@H]1[C@H]([C@H](O)[C@@H](O)CO)O[C@@](O)(C(=O)O)C[C@H]1O.